The molecule has 1 aliphatic rings. The summed E-state index contributed by atoms with van der Waals surface area (Å²) in [5, 5.41) is 2.96. The third-order valence-electron chi connectivity index (χ3n) is 2.99. The lowest BCUT2D eigenvalue weighted by molar-refractivity contribution is 0.494. The van der Waals surface area contributed by atoms with E-state index in [0.717, 1.165) is 25.3 Å². The molecule has 0 aromatic carbocycles. The van der Waals surface area contributed by atoms with E-state index >= 15 is 0 Å². The second-order valence-corrected chi connectivity index (χ2v) is 6.55. The summed E-state index contributed by atoms with van der Waals surface area (Å²) in [7, 11) is -1.24. The van der Waals surface area contributed by atoms with Gasteiger partial charge in [0.25, 0.3) is 0 Å². The van der Waals surface area contributed by atoms with Gasteiger partial charge in [-0.3, -0.25) is 0 Å². The Kier molecular flexibility index (Phi) is 5.72. The summed E-state index contributed by atoms with van der Waals surface area (Å²) in [5.74, 6) is 1.000. The van der Waals surface area contributed by atoms with Crippen molar-refractivity contribution in [3.63, 3.8) is 0 Å². The van der Waals surface area contributed by atoms with E-state index in [9.17, 15) is 8.42 Å². The smallest absolute Gasteiger partial charge is 0.211 e. The topological polar surface area (TPSA) is 58.2 Å². The molecule has 0 saturated heterocycles. The number of nitrogens with one attached hydrogen (secondary N) is 2. The first-order valence-electron chi connectivity index (χ1n) is 6.22. The molecule has 1 fully saturated rings. The van der Waals surface area contributed by atoms with E-state index in [1.54, 1.807) is 0 Å². The highest BCUT2D eigenvalue weighted by atomic mass is 32.2. The Bertz CT molecular complexity index is 286. The van der Waals surface area contributed by atoms with Crippen LogP contribution >= 0.6 is 0 Å². The molecule has 0 spiro atoms. The van der Waals surface area contributed by atoms with Crippen LogP contribution in [0.15, 0.2) is 0 Å². The lowest BCUT2D eigenvalue weighted by atomic mass is 10.1. The normalized spacial score (nSPS) is 18.6. The molecule has 1 saturated carbocycles. The first-order valence-corrected chi connectivity index (χ1v) is 7.87. The lowest BCUT2D eigenvalue weighted by Crippen LogP contribution is -2.36. The minimum atomic E-state index is -3.07. The van der Waals surface area contributed by atoms with E-state index < -0.39 is 10.0 Å². The van der Waals surface area contributed by atoms with Gasteiger partial charge in [0.2, 0.25) is 10.0 Å². The fourth-order valence-electron chi connectivity index (χ4n) is 1.81. The van der Waals surface area contributed by atoms with Crippen molar-refractivity contribution in [2.24, 2.45) is 5.92 Å². The Morgan fingerprint density at radius 2 is 2.06 bits per heavy atom. The quantitative estimate of drug-likeness (QED) is 0.601. The third kappa shape index (κ3) is 5.82. The zero-order valence-electron chi connectivity index (χ0n) is 10.3. The highest BCUT2D eigenvalue weighted by Crippen LogP contribution is 2.34. The number of rotatable bonds is 9. The van der Waals surface area contributed by atoms with Crippen LogP contribution in [-0.4, -0.2) is 33.8 Å². The summed E-state index contributed by atoms with van der Waals surface area (Å²) in [5.41, 5.74) is 0. The molecule has 16 heavy (non-hydrogen) atoms. The van der Waals surface area contributed by atoms with Crippen LogP contribution in [0.2, 0.25) is 0 Å². The highest BCUT2D eigenvalue weighted by Gasteiger charge is 2.26. The van der Waals surface area contributed by atoms with Crippen LogP contribution in [0.3, 0.4) is 0 Å². The van der Waals surface area contributed by atoms with Crippen molar-refractivity contribution >= 4 is 10.0 Å². The van der Waals surface area contributed by atoms with Crippen molar-refractivity contribution < 1.29 is 8.42 Å². The van der Waals surface area contributed by atoms with E-state index in [1.165, 1.54) is 12.8 Å². The van der Waals surface area contributed by atoms with Crippen LogP contribution < -0.4 is 10.0 Å². The van der Waals surface area contributed by atoms with E-state index in [0.29, 0.717) is 6.42 Å². The van der Waals surface area contributed by atoms with Gasteiger partial charge in [0, 0.05) is 6.04 Å². The molecule has 0 aromatic heterocycles. The summed E-state index contributed by atoms with van der Waals surface area (Å²) < 4.78 is 26.3. The van der Waals surface area contributed by atoms with Gasteiger partial charge in [-0.2, -0.15) is 0 Å². The maximum absolute atomic E-state index is 11.7. The van der Waals surface area contributed by atoms with Crippen molar-refractivity contribution in [2.75, 3.05) is 19.3 Å². The SMILES string of the molecule is CCC(CC1CC1)NS(=O)(=O)CCCNC. The Labute approximate surface area is 99.2 Å². The van der Waals surface area contributed by atoms with Crippen LogP contribution in [0.25, 0.3) is 0 Å². The van der Waals surface area contributed by atoms with Gasteiger partial charge in [-0.05, 0) is 38.8 Å². The second kappa shape index (κ2) is 6.57. The van der Waals surface area contributed by atoms with Crippen molar-refractivity contribution in [3.05, 3.63) is 0 Å². The fourth-order valence-corrected chi connectivity index (χ4v) is 3.22. The molecule has 0 amide bonds. The predicted molar refractivity (Wildman–Crippen MR) is 66.9 cm³/mol. The monoisotopic (exact) mass is 248 g/mol. The summed E-state index contributed by atoms with van der Waals surface area (Å²) in [6, 6.07) is 0.145. The molecule has 0 bridgehead atoms. The standard InChI is InChI=1S/C11H24N2O2S/c1-3-11(9-10-5-6-10)13-16(14,15)8-4-7-12-2/h10-13H,3-9H2,1-2H3. The zero-order chi connectivity index (χ0) is 12.0. The van der Waals surface area contributed by atoms with E-state index in [4.69, 9.17) is 0 Å². The molecular weight excluding hydrogens is 224 g/mol. The minimum absolute atomic E-state index is 0.145. The first-order chi connectivity index (χ1) is 7.57. The molecule has 5 heteroatoms. The maximum atomic E-state index is 11.7. The summed E-state index contributed by atoms with van der Waals surface area (Å²) in [6.07, 6.45) is 5.13. The second-order valence-electron chi connectivity index (χ2n) is 4.68. The largest absolute Gasteiger partial charge is 0.320 e. The highest BCUT2D eigenvalue weighted by molar-refractivity contribution is 7.89. The molecule has 1 rings (SSSR count). The predicted octanol–water partition coefficient (Wildman–Crippen LogP) is 1.09. The van der Waals surface area contributed by atoms with Gasteiger partial charge < -0.3 is 5.32 Å². The average molecular weight is 248 g/mol. The van der Waals surface area contributed by atoms with E-state index in [2.05, 4.69) is 10.0 Å². The molecule has 0 aliphatic heterocycles. The van der Waals surface area contributed by atoms with E-state index in [1.807, 2.05) is 14.0 Å². The zero-order valence-corrected chi connectivity index (χ0v) is 11.1. The van der Waals surface area contributed by atoms with Crippen molar-refractivity contribution in [3.8, 4) is 0 Å². The van der Waals surface area contributed by atoms with Gasteiger partial charge >= 0.3 is 0 Å². The van der Waals surface area contributed by atoms with Gasteiger partial charge in [-0.1, -0.05) is 19.8 Å². The Hall–Kier alpha value is -0.130. The number of hydrogen-bond acceptors (Lipinski definition) is 3. The van der Waals surface area contributed by atoms with E-state index in [-0.39, 0.29) is 11.8 Å². The Balaban J connectivity index is 2.29. The van der Waals surface area contributed by atoms with Crippen molar-refractivity contribution in [1.82, 2.24) is 10.0 Å². The molecule has 4 nitrogen and oxygen atoms in total. The Morgan fingerprint density at radius 3 is 2.56 bits per heavy atom. The molecule has 1 aliphatic carbocycles. The summed E-state index contributed by atoms with van der Waals surface area (Å²) in [4.78, 5) is 0. The van der Waals surface area contributed by atoms with Crippen LogP contribution in [-0.2, 0) is 10.0 Å². The Morgan fingerprint density at radius 1 is 1.38 bits per heavy atom. The van der Waals surface area contributed by atoms with Crippen molar-refractivity contribution in [2.45, 2.75) is 45.1 Å². The molecule has 1 unspecified atom stereocenters. The molecule has 96 valence electrons. The molecule has 2 N–H and O–H groups in total. The number of sulfonamides is 1. The van der Waals surface area contributed by atoms with Gasteiger partial charge in [-0.25, -0.2) is 13.1 Å². The number of hydrogen-bond donors (Lipinski definition) is 2. The molecular formula is C11H24N2O2S. The third-order valence-corrected chi connectivity index (χ3v) is 4.51. The van der Waals surface area contributed by atoms with Crippen LogP contribution in [0.5, 0.6) is 0 Å². The molecule has 0 heterocycles. The van der Waals surface area contributed by atoms with Crippen LogP contribution in [0.1, 0.15) is 39.0 Å². The van der Waals surface area contributed by atoms with Gasteiger partial charge in [0.1, 0.15) is 0 Å². The van der Waals surface area contributed by atoms with Gasteiger partial charge in [-0.15, -0.1) is 0 Å². The summed E-state index contributed by atoms with van der Waals surface area (Å²) in [6.45, 7) is 2.80. The van der Waals surface area contributed by atoms with Crippen molar-refractivity contribution in [1.29, 1.82) is 0 Å². The average Bonchev–Trinajstić information content (AvgIpc) is 3.00. The van der Waals surface area contributed by atoms with Gasteiger partial charge in [0.05, 0.1) is 5.75 Å². The maximum Gasteiger partial charge on any atom is 0.211 e. The first kappa shape index (κ1) is 13.9. The van der Waals surface area contributed by atoms with Crippen LogP contribution in [0.4, 0.5) is 0 Å². The van der Waals surface area contributed by atoms with Crippen LogP contribution in [0, 0.1) is 5.92 Å². The van der Waals surface area contributed by atoms with Gasteiger partial charge in [0.15, 0.2) is 0 Å². The molecule has 0 aromatic rings. The summed E-state index contributed by atoms with van der Waals surface area (Å²) >= 11 is 0. The fraction of sp³-hybridized carbons (Fsp3) is 1.00. The minimum Gasteiger partial charge on any atom is -0.320 e. The molecule has 1 atom stereocenters. The lowest BCUT2D eigenvalue weighted by Gasteiger charge is -2.16. The molecule has 0 radical (unpaired) electrons.